The molecule has 0 bridgehead atoms. The van der Waals surface area contributed by atoms with Crippen LogP contribution in [0.15, 0.2) is 52.3 Å². The Morgan fingerprint density at radius 3 is 2.65 bits per heavy atom. The van der Waals surface area contributed by atoms with Gasteiger partial charge in [0.1, 0.15) is 0 Å². The van der Waals surface area contributed by atoms with Crippen molar-refractivity contribution < 1.29 is 0 Å². The molecule has 1 atom stereocenters. The number of hydrogen-bond acceptors (Lipinski definition) is 3. The molecule has 0 saturated heterocycles. The quantitative estimate of drug-likeness (QED) is 0.644. The van der Waals surface area contributed by atoms with Gasteiger partial charge in [0.2, 0.25) is 0 Å². The Balaban J connectivity index is 1.96. The second-order valence-electron chi connectivity index (χ2n) is 5.81. The third-order valence-electron chi connectivity index (χ3n) is 4.22. The van der Waals surface area contributed by atoms with Crippen molar-refractivity contribution in [1.82, 2.24) is 4.90 Å². The van der Waals surface area contributed by atoms with Crippen LogP contribution in [0.3, 0.4) is 0 Å². The first kappa shape index (κ1) is 17.0. The van der Waals surface area contributed by atoms with Gasteiger partial charge >= 0.3 is 0 Å². The lowest BCUT2D eigenvalue weighted by Crippen LogP contribution is -2.40. The number of likely N-dealkylation sites (N-methyl/N-ethyl adjacent to an activating group) is 1. The molecule has 122 valence electrons. The summed E-state index contributed by atoms with van der Waals surface area (Å²) >= 11 is 13.9. The molecule has 1 aliphatic heterocycles. The lowest BCUT2D eigenvalue weighted by Gasteiger charge is -2.36. The van der Waals surface area contributed by atoms with Crippen LogP contribution in [0.25, 0.3) is 0 Å². The Labute approximate surface area is 152 Å². The predicted octanol–water partition coefficient (Wildman–Crippen LogP) is 5.50. The van der Waals surface area contributed by atoms with Gasteiger partial charge in [-0.15, -0.1) is 11.6 Å². The third-order valence-corrected chi connectivity index (χ3v) is 5.76. The number of hydrogen-bond donors (Lipinski definition) is 0. The van der Waals surface area contributed by atoms with E-state index in [1.807, 2.05) is 6.07 Å². The minimum absolute atomic E-state index is 0.386. The van der Waals surface area contributed by atoms with Gasteiger partial charge in [-0.25, -0.2) is 0 Å². The monoisotopic (exact) mass is 366 g/mol. The Hall–Kier alpha value is -0.870. The molecular formula is C18H20Cl2N2S. The summed E-state index contributed by atoms with van der Waals surface area (Å²) in [5.41, 5.74) is 2.44. The van der Waals surface area contributed by atoms with Gasteiger partial charge < -0.3 is 9.80 Å². The molecule has 0 amide bonds. The lowest BCUT2D eigenvalue weighted by molar-refractivity contribution is 0.277. The fourth-order valence-electron chi connectivity index (χ4n) is 2.76. The minimum Gasteiger partial charge on any atom is -0.338 e. The third kappa shape index (κ3) is 3.63. The maximum atomic E-state index is 6.25. The van der Waals surface area contributed by atoms with Crippen LogP contribution in [0.2, 0.25) is 5.02 Å². The summed E-state index contributed by atoms with van der Waals surface area (Å²) in [4.78, 5) is 7.21. The molecule has 1 unspecified atom stereocenters. The fraction of sp³-hybridized carbons (Fsp3) is 0.333. The molecular weight excluding hydrogens is 347 g/mol. The average molecular weight is 367 g/mol. The van der Waals surface area contributed by atoms with E-state index in [4.69, 9.17) is 23.2 Å². The number of fused-ring (bicyclic) bond motifs is 2. The zero-order valence-electron chi connectivity index (χ0n) is 13.3. The summed E-state index contributed by atoms with van der Waals surface area (Å²) in [5, 5.41) is 0.774. The fourth-order valence-corrected chi connectivity index (χ4v) is 4.27. The Morgan fingerprint density at radius 2 is 1.87 bits per heavy atom. The Morgan fingerprint density at radius 1 is 1.13 bits per heavy atom. The number of nitrogens with zero attached hydrogens (tertiary/aromatic N) is 2. The van der Waals surface area contributed by atoms with E-state index in [2.05, 4.69) is 60.2 Å². The van der Waals surface area contributed by atoms with E-state index in [0.29, 0.717) is 11.9 Å². The molecule has 0 saturated carbocycles. The van der Waals surface area contributed by atoms with Crippen LogP contribution in [0, 0.1) is 0 Å². The van der Waals surface area contributed by atoms with Gasteiger partial charge in [0.05, 0.1) is 11.4 Å². The highest BCUT2D eigenvalue weighted by Gasteiger charge is 2.25. The summed E-state index contributed by atoms with van der Waals surface area (Å²) in [6.07, 6.45) is 0. The molecule has 0 spiro atoms. The normalized spacial score (nSPS) is 14.6. The standard InChI is InChI=1S/C18H20Cl2N2S/c1-13(21(2)10-9-19)12-22-15-5-3-4-6-17(15)23-18-8-7-14(20)11-16(18)22/h3-8,11,13H,9-10,12H2,1-2H3. The van der Waals surface area contributed by atoms with Crippen LogP contribution < -0.4 is 4.90 Å². The van der Waals surface area contributed by atoms with Crippen LogP contribution in [-0.4, -0.2) is 37.0 Å². The van der Waals surface area contributed by atoms with Gasteiger partial charge in [0, 0.05) is 39.8 Å². The molecule has 2 nitrogen and oxygen atoms in total. The van der Waals surface area contributed by atoms with Gasteiger partial charge in [-0.1, -0.05) is 35.5 Å². The van der Waals surface area contributed by atoms with Gasteiger partial charge in [-0.2, -0.15) is 0 Å². The predicted molar refractivity (Wildman–Crippen MR) is 102 cm³/mol. The first-order valence-corrected chi connectivity index (χ1v) is 9.43. The van der Waals surface area contributed by atoms with E-state index in [1.54, 1.807) is 11.8 Å². The summed E-state index contributed by atoms with van der Waals surface area (Å²) in [6.45, 7) is 4.02. The van der Waals surface area contributed by atoms with Gasteiger partial charge in [0.25, 0.3) is 0 Å². The van der Waals surface area contributed by atoms with E-state index in [1.165, 1.54) is 21.2 Å². The highest BCUT2D eigenvalue weighted by Crippen LogP contribution is 2.48. The largest absolute Gasteiger partial charge is 0.338 e. The zero-order chi connectivity index (χ0) is 16.4. The molecule has 0 radical (unpaired) electrons. The summed E-state index contributed by atoms with van der Waals surface area (Å²) < 4.78 is 0. The molecule has 1 heterocycles. The van der Waals surface area contributed by atoms with Crippen molar-refractivity contribution in [2.24, 2.45) is 0 Å². The second kappa shape index (κ2) is 7.35. The smallest absolute Gasteiger partial charge is 0.0568 e. The van der Waals surface area contributed by atoms with Crippen molar-refractivity contribution in [3.05, 3.63) is 47.5 Å². The molecule has 0 N–H and O–H groups in total. The van der Waals surface area contributed by atoms with Gasteiger partial charge in [0.15, 0.2) is 0 Å². The van der Waals surface area contributed by atoms with Gasteiger partial charge in [-0.05, 0) is 44.3 Å². The number of para-hydroxylation sites is 1. The number of alkyl halides is 1. The number of benzene rings is 2. The van der Waals surface area contributed by atoms with Crippen molar-refractivity contribution >= 4 is 46.3 Å². The molecule has 0 aliphatic carbocycles. The van der Waals surface area contributed by atoms with Crippen molar-refractivity contribution in [3.8, 4) is 0 Å². The maximum Gasteiger partial charge on any atom is 0.0568 e. The summed E-state index contributed by atoms with van der Waals surface area (Å²) in [5.74, 6) is 0.649. The Kier molecular flexibility index (Phi) is 5.42. The highest BCUT2D eigenvalue weighted by molar-refractivity contribution is 7.99. The molecule has 3 rings (SSSR count). The van der Waals surface area contributed by atoms with Crippen LogP contribution in [-0.2, 0) is 0 Å². The molecule has 0 aromatic heterocycles. The first-order chi connectivity index (χ1) is 11.1. The summed E-state index contributed by atoms with van der Waals surface area (Å²) in [7, 11) is 2.12. The van der Waals surface area contributed by atoms with Crippen molar-refractivity contribution in [3.63, 3.8) is 0 Å². The second-order valence-corrected chi connectivity index (χ2v) is 7.71. The van der Waals surface area contributed by atoms with Crippen LogP contribution in [0.4, 0.5) is 11.4 Å². The molecule has 2 aromatic rings. The van der Waals surface area contributed by atoms with Crippen molar-refractivity contribution in [2.75, 3.05) is 30.9 Å². The summed E-state index contributed by atoms with van der Waals surface area (Å²) in [6, 6.07) is 15.1. The average Bonchev–Trinajstić information content (AvgIpc) is 2.55. The number of halogens is 2. The van der Waals surface area contributed by atoms with E-state index in [0.717, 1.165) is 18.1 Å². The van der Waals surface area contributed by atoms with E-state index < -0.39 is 0 Å². The van der Waals surface area contributed by atoms with Crippen LogP contribution in [0.1, 0.15) is 6.92 Å². The molecule has 1 aliphatic rings. The topological polar surface area (TPSA) is 6.48 Å². The highest BCUT2D eigenvalue weighted by atomic mass is 35.5. The van der Waals surface area contributed by atoms with E-state index >= 15 is 0 Å². The molecule has 5 heteroatoms. The van der Waals surface area contributed by atoms with Gasteiger partial charge in [-0.3, -0.25) is 0 Å². The minimum atomic E-state index is 0.386. The van der Waals surface area contributed by atoms with E-state index in [-0.39, 0.29) is 0 Å². The zero-order valence-corrected chi connectivity index (χ0v) is 15.6. The molecule has 0 fully saturated rings. The molecule has 23 heavy (non-hydrogen) atoms. The Bertz CT molecular complexity index is 692. The van der Waals surface area contributed by atoms with E-state index in [9.17, 15) is 0 Å². The van der Waals surface area contributed by atoms with Crippen LogP contribution >= 0.6 is 35.0 Å². The number of anilines is 2. The number of rotatable bonds is 5. The first-order valence-electron chi connectivity index (χ1n) is 7.70. The SMILES string of the molecule is CC(CN1c2ccccc2Sc2ccc(Cl)cc21)N(C)CCCl. The van der Waals surface area contributed by atoms with Crippen molar-refractivity contribution in [2.45, 2.75) is 22.8 Å². The van der Waals surface area contributed by atoms with Crippen LogP contribution in [0.5, 0.6) is 0 Å². The molecule has 2 aromatic carbocycles. The lowest BCUT2D eigenvalue weighted by atomic mass is 10.2. The maximum absolute atomic E-state index is 6.25. The van der Waals surface area contributed by atoms with Crippen molar-refractivity contribution in [1.29, 1.82) is 0 Å².